The molecule has 0 N–H and O–H groups in total. The highest BCUT2D eigenvalue weighted by molar-refractivity contribution is 5.83. The van der Waals surface area contributed by atoms with E-state index in [0.29, 0.717) is 29.7 Å². The molecule has 2 saturated heterocycles. The molecule has 0 aromatic carbocycles. The number of aromatic nitrogens is 2. The van der Waals surface area contributed by atoms with E-state index in [1.807, 2.05) is 12.4 Å². The fourth-order valence-corrected chi connectivity index (χ4v) is 6.05. The molecule has 0 spiro atoms. The van der Waals surface area contributed by atoms with Gasteiger partial charge in [-0.1, -0.05) is 13.8 Å². The van der Waals surface area contributed by atoms with Crippen molar-refractivity contribution in [2.45, 2.75) is 77.4 Å². The number of piperazine rings is 1. The number of carbonyl (C=O) groups is 1. The predicted molar refractivity (Wildman–Crippen MR) is 125 cm³/mol. The highest BCUT2D eigenvalue weighted by Crippen LogP contribution is 2.33. The summed E-state index contributed by atoms with van der Waals surface area (Å²) in [5.41, 5.74) is 1.19. The number of carbonyl (C=O) groups excluding carboxylic acids is 1. The average molecular weight is 428 g/mol. The first kappa shape index (κ1) is 22.7. The van der Waals surface area contributed by atoms with Gasteiger partial charge in [-0.2, -0.15) is 0 Å². The van der Waals surface area contributed by atoms with Crippen LogP contribution in [0.5, 0.6) is 0 Å². The number of likely N-dealkylation sites (tertiary alicyclic amines) is 1. The standard InChI is InChI=1S/C25H41N5O/c1-5-18(2)24(31)21-8-6-19(7-9-21)14-28(3)15-20-12-26-25(27-13-20)30-22-10-11-23(30)17-29(4)16-22/h12-13,18-19,21-23H,5-11,14-17H2,1-4H3. The Balaban J connectivity index is 1.24. The molecule has 6 heteroatoms. The number of ketones is 1. The average Bonchev–Trinajstić information content (AvgIpc) is 3.04. The second kappa shape index (κ2) is 9.95. The first-order chi connectivity index (χ1) is 14.9. The van der Waals surface area contributed by atoms with E-state index < -0.39 is 0 Å². The van der Waals surface area contributed by atoms with Gasteiger partial charge in [0.15, 0.2) is 0 Å². The summed E-state index contributed by atoms with van der Waals surface area (Å²) in [6.07, 6.45) is 12.1. The van der Waals surface area contributed by atoms with Gasteiger partial charge < -0.3 is 14.7 Å². The van der Waals surface area contributed by atoms with Gasteiger partial charge in [-0.25, -0.2) is 9.97 Å². The Bertz CT molecular complexity index is 716. The lowest BCUT2D eigenvalue weighted by atomic mass is 9.77. The fourth-order valence-electron chi connectivity index (χ4n) is 6.05. The molecule has 0 amide bonds. The van der Waals surface area contributed by atoms with Gasteiger partial charge in [-0.15, -0.1) is 0 Å². The molecule has 3 unspecified atom stereocenters. The van der Waals surface area contributed by atoms with Crippen molar-refractivity contribution < 1.29 is 4.79 Å². The van der Waals surface area contributed by atoms with Crippen molar-refractivity contribution in [1.82, 2.24) is 19.8 Å². The maximum absolute atomic E-state index is 12.5. The van der Waals surface area contributed by atoms with Gasteiger partial charge in [0.05, 0.1) is 0 Å². The number of rotatable bonds is 8. The number of fused-ring (bicyclic) bond motifs is 2. The molecule has 172 valence electrons. The maximum atomic E-state index is 12.5. The van der Waals surface area contributed by atoms with E-state index in [4.69, 9.17) is 9.97 Å². The summed E-state index contributed by atoms with van der Waals surface area (Å²) in [4.78, 5) is 29.3. The monoisotopic (exact) mass is 427 g/mol. The largest absolute Gasteiger partial charge is 0.332 e. The first-order valence-electron chi connectivity index (χ1n) is 12.4. The third-order valence-corrected chi connectivity index (χ3v) is 7.96. The summed E-state index contributed by atoms with van der Waals surface area (Å²) in [5, 5.41) is 0. The third-order valence-electron chi connectivity index (χ3n) is 7.96. The molecule has 3 heterocycles. The van der Waals surface area contributed by atoms with Crippen molar-refractivity contribution in [3.05, 3.63) is 18.0 Å². The Kier molecular flexibility index (Phi) is 7.27. The molecule has 1 aromatic rings. The van der Waals surface area contributed by atoms with E-state index in [1.54, 1.807) is 0 Å². The van der Waals surface area contributed by atoms with Crippen LogP contribution < -0.4 is 4.90 Å². The number of anilines is 1. The molecule has 4 rings (SSSR count). The second-order valence-corrected chi connectivity index (χ2v) is 10.5. The van der Waals surface area contributed by atoms with Crippen LogP contribution in [-0.4, -0.2) is 71.4 Å². The van der Waals surface area contributed by atoms with Crippen LogP contribution in [0.25, 0.3) is 0 Å². The van der Waals surface area contributed by atoms with Gasteiger partial charge in [0.2, 0.25) is 5.95 Å². The molecule has 1 saturated carbocycles. The fraction of sp³-hybridized carbons (Fsp3) is 0.800. The Morgan fingerprint density at radius 2 is 1.71 bits per heavy atom. The summed E-state index contributed by atoms with van der Waals surface area (Å²) in [6.45, 7) is 8.43. The molecular weight excluding hydrogens is 386 g/mol. The smallest absolute Gasteiger partial charge is 0.225 e. The van der Waals surface area contributed by atoms with Gasteiger partial charge in [0, 0.05) is 68.1 Å². The molecule has 3 atom stereocenters. The predicted octanol–water partition coefficient (Wildman–Crippen LogP) is 3.61. The number of nitrogens with zero attached hydrogens (tertiary/aromatic N) is 5. The van der Waals surface area contributed by atoms with Crippen LogP contribution in [0.2, 0.25) is 0 Å². The van der Waals surface area contributed by atoms with E-state index in [2.05, 4.69) is 42.6 Å². The van der Waals surface area contributed by atoms with Crippen molar-refractivity contribution >= 4 is 11.7 Å². The van der Waals surface area contributed by atoms with Crippen LogP contribution in [0.3, 0.4) is 0 Å². The molecule has 2 aliphatic heterocycles. The quantitative estimate of drug-likeness (QED) is 0.632. The molecule has 1 aromatic heterocycles. The molecule has 3 fully saturated rings. The van der Waals surface area contributed by atoms with Gasteiger partial charge in [0.25, 0.3) is 0 Å². The Hall–Kier alpha value is -1.53. The molecular formula is C25H41N5O. The lowest BCUT2D eigenvalue weighted by Gasteiger charge is -2.39. The van der Waals surface area contributed by atoms with Crippen LogP contribution in [-0.2, 0) is 11.3 Å². The Morgan fingerprint density at radius 1 is 1.10 bits per heavy atom. The van der Waals surface area contributed by atoms with Crippen LogP contribution in [0.1, 0.15) is 64.4 Å². The van der Waals surface area contributed by atoms with Gasteiger partial charge in [-0.05, 0) is 65.0 Å². The summed E-state index contributed by atoms with van der Waals surface area (Å²) < 4.78 is 0. The number of likely N-dealkylation sites (N-methyl/N-ethyl adjacent to an activating group) is 1. The number of hydrogen-bond acceptors (Lipinski definition) is 6. The van der Waals surface area contributed by atoms with Crippen molar-refractivity contribution in [1.29, 1.82) is 0 Å². The zero-order valence-electron chi connectivity index (χ0n) is 20.0. The van der Waals surface area contributed by atoms with Crippen LogP contribution in [0, 0.1) is 17.8 Å². The Labute approximate surface area is 188 Å². The molecule has 1 aliphatic carbocycles. The van der Waals surface area contributed by atoms with Crippen LogP contribution in [0.4, 0.5) is 5.95 Å². The van der Waals surface area contributed by atoms with E-state index in [-0.39, 0.29) is 5.92 Å². The molecule has 31 heavy (non-hydrogen) atoms. The Morgan fingerprint density at radius 3 is 2.29 bits per heavy atom. The van der Waals surface area contributed by atoms with Gasteiger partial charge >= 0.3 is 0 Å². The van der Waals surface area contributed by atoms with Crippen LogP contribution in [0.15, 0.2) is 12.4 Å². The lowest BCUT2D eigenvalue weighted by Crippen LogP contribution is -2.53. The SMILES string of the molecule is CCC(C)C(=O)C1CCC(CN(C)Cc2cnc(N3C4CCC3CN(C)C4)nc2)CC1. The maximum Gasteiger partial charge on any atom is 0.225 e. The van der Waals surface area contributed by atoms with Crippen LogP contribution >= 0.6 is 0 Å². The highest BCUT2D eigenvalue weighted by Gasteiger charge is 2.40. The van der Waals surface area contributed by atoms with E-state index in [0.717, 1.165) is 51.4 Å². The minimum Gasteiger partial charge on any atom is -0.332 e. The third kappa shape index (κ3) is 5.28. The molecule has 6 nitrogen and oxygen atoms in total. The first-order valence-corrected chi connectivity index (χ1v) is 12.4. The molecule has 3 aliphatic rings. The number of Topliss-reactive ketones (excluding diaryl/α,β-unsaturated/α-hetero) is 1. The summed E-state index contributed by atoms with van der Waals surface area (Å²) >= 11 is 0. The zero-order chi connectivity index (χ0) is 22.0. The molecule has 2 bridgehead atoms. The van der Waals surface area contributed by atoms with Crippen molar-refractivity contribution in [3.63, 3.8) is 0 Å². The summed E-state index contributed by atoms with van der Waals surface area (Å²) in [7, 11) is 4.42. The van der Waals surface area contributed by atoms with Crippen molar-refractivity contribution in [3.8, 4) is 0 Å². The minimum absolute atomic E-state index is 0.230. The lowest BCUT2D eigenvalue weighted by molar-refractivity contribution is -0.127. The normalized spacial score (nSPS) is 30.0. The van der Waals surface area contributed by atoms with Crippen molar-refractivity contribution in [2.24, 2.45) is 17.8 Å². The molecule has 0 radical (unpaired) electrons. The van der Waals surface area contributed by atoms with Gasteiger partial charge in [-0.3, -0.25) is 4.79 Å². The zero-order valence-corrected chi connectivity index (χ0v) is 20.0. The minimum atomic E-state index is 0.230. The van der Waals surface area contributed by atoms with Crippen molar-refractivity contribution in [2.75, 3.05) is 38.6 Å². The summed E-state index contributed by atoms with van der Waals surface area (Å²) in [5.74, 6) is 2.65. The van der Waals surface area contributed by atoms with E-state index >= 15 is 0 Å². The summed E-state index contributed by atoms with van der Waals surface area (Å²) in [6, 6.07) is 1.14. The highest BCUT2D eigenvalue weighted by atomic mass is 16.1. The second-order valence-electron chi connectivity index (χ2n) is 10.5. The van der Waals surface area contributed by atoms with E-state index in [9.17, 15) is 4.79 Å². The van der Waals surface area contributed by atoms with E-state index in [1.165, 1.54) is 31.2 Å². The topological polar surface area (TPSA) is 52.6 Å². The number of hydrogen-bond donors (Lipinski definition) is 0. The van der Waals surface area contributed by atoms with Gasteiger partial charge in [0.1, 0.15) is 5.78 Å².